The van der Waals surface area contributed by atoms with Crippen LogP contribution in [-0.4, -0.2) is 41.9 Å². The summed E-state index contributed by atoms with van der Waals surface area (Å²) < 4.78 is 2.16. The van der Waals surface area contributed by atoms with Gasteiger partial charge in [0, 0.05) is 12.2 Å². The van der Waals surface area contributed by atoms with Crippen LogP contribution in [0, 0.1) is 0 Å². The molecule has 2 rings (SSSR count). The van der Waals surface area contributed by atoms with Gasteiger partial charge in [0.15, 0.2) is 0 Å². The van der Waals surface area contributed by atoms with Crippen LogP contribution in [-0.2, 0) is 13.0 Å². The van der Waals surface area contributed by atoms with Crippen LogP contribution in [0.15, 0.2) is 6.20 Å². The summed E-state index contributed by atoms with van der Waals surface area (Å²) >= 11 is 0. The molecule has 4 nitrogen and oxygen atoms in total. The highest BCUT2D eigenvalue weighted by molar-refractivity contribution is 5.25. The topological polar surface area (TPSA) is 47.1 Å². The largest absolute Gasteiger partial charge is 0.330 e. The molecular formula is C12H22N4. The first-order valence-corrected chi connectivity index (χ1v) is 6.11. The Kier molecular flexibility index (Phi) is 3.61. The molecule has 1 aromatic rings. The minimum atomic E-state index is 0.539. The van der Waals surface area contributed by atoms with Gasteiger partial charge in [0.25, 0.3) is 0 Å². The first-order valence-electron chi connectivity index (χ1n) is 6.11. The second kappa shape index (κ2) is 4.97. The highest BCUT2D eigenvalue weighted by atomic mass is 15.3. The van der Waals surface area contributed by atoms with Crippen molar-refractivity contribution in [2.45, 2.75) is 31.7 Å². The third kappa shape index (κ3) is 2.28. The first kappa shape index (κ1) is 11.6. The second-order valence-electron chi connectivity index (χ2n) is 4.90. The van der Waals surface area contributed by atoms with Gasteiger partial charge in [-0.05, 0) is 51.4 Å². The van der Waals surface area contributed by atoms with Gasteiger partial charge in [-0.2, -0.15) is 5.10 Å². The minimum Gasteiger partial charge on any atom is -0.330 e. The van der Waals surface area contributed by atoms with Gasteiger partial charge in [-0.1, -0.05) is 0 Å². The van der Waals surface area contributed by atoms with Gasteiger partial charge in [0.2, 0.25) is 0 Å². The lowest BCUT2D eigenvalue weighted by atomic mass is 9.87. The van der Waals surface area contributed by atoms with Crippen molar-refractivity contribution in [2.24, 2.45) is 5.73 Å². The summed E-state index contributed by atoms with van der Waals surface area (Å²) in [5.74, 6) is 0.539. The Hall–Kier alpha value is -0.870. The van der Waals surface area contributed by atoms with Gasteiger partial charge >= 0.3 is 0 Å². The van der Waals surface area contributed by atoms with Crippen LogP contribution in [0.1, 0.15) is 30.0 Å². The molecule has 2 N–H and O–H groups in total. The Morgan fingerprint density at radius 2 is 2.38 bits per heavy atom. The number of rotatable bonds is 4. The van der Waals surface area contributed by atoms with Gasteiger partial charge in [-0.3, -0.25) is 4.68 Å². The molecule has 0 aliphatic heterocycles. The molecule has 16 heavy (non-hydrogen) atoms. The summed E-state index contributed by atoms with van der Waals surface area (Å²) in [6, 6.07) is 0. The van der Waals surface area contributed by atoms with Crippen LogP contribution in [0.4, 0.5) is 0 Å². The predicted molar refractivity (Wildman–Crippen MR) is 65.5 cm³/mol. The van der Waals surface area contributed by atoms with Crippen molar-refractivity contribution in [1.29, 1.82) is 0 Å². The SMILES string of the molecule is CN(C)CCn1ncc2c1CCCC2CN. The smallest absolute Gasteiger partial charge is 0.0539 e. The highest BCUT2D eigenvalue weighted by Crippen LogP contribution is 2.30. The van der Waals surface area contributed by atoms with Crippen molar-refractivity contribution >= 4 is 0 Å². The van der Waals surface area contributed by atoms with Crippen molar-refractivity contribution in [2.75, 3.05) is 27.2 Å². The molecule has 0 amide bonds. The van der Waals surface area contributed by atoms with E-state index in [1.807, 2.05) is 6.20 Å². The Morgan fingerprint density at radius 3 is 3.06 bits per heavy atom. The van der Waals surface area contributed by atoms with E-state index in [0.717, 1.165) is 19.6 Å². The van der Waals surface area contributed by atoms with Crippen molar-refractivity contribution in [3.05, 3.63) is 17.5 Å². The van der Waals surface area contributed by atoms with Gasteiger partial charge < -0.3 is 10.6 Å². The molecule has 0 bridgehead atoms. The van der Waals surface area contributed by atoms with E-state index >= 15 is 0 Å². The average molecular weight is 222 g/mol. The molecule has 1 aliphatic rings. The molecule has 0 spiro atoms. The van der Waals surface area contributed by atoms with E-state index in [1.54, 1.807) is 0 Å². The zero-order valence-corrected chi connectivity index (χ0v) is 10.3. The number of nitrogens with two attached hydrogens (primary N) is 1. The fourth-order valence-electron chi connectivity index (χ4n) is 2.44. The molecular weight excluding hydrogens is 200 g/mol. The maximum Gasteiger partial charge on any atom is 0.0539 e. The van der Waals surface area contributed by atoms with E-state index < -0.39 is 0 Å². The summed E-state index contributed by atoms with van der Waals surface area (Å²) in [6.07, 6.45) is 5.67. The van der Waals surface area contributed by atoms with E-state index in [9.17, 15) is 0 Å². The molecule has 0 saturated carbocycles. The van der Waals surface area contributed by atoms with Crippen LogP contribution in [0.2, 0.25) is 0 Å². The lowest BCUT2D eigenvalue weighted by Crippen LogP contribution is -2.22. The summed E-state index contributed by atoms with van der Waals surface area (Å²) in [6.45, 7) is 2.79. The van der Waals surface area contributed by atoms with E-state index in [2.05, 4.69) is 28.8 Å². The Balaban J connectivity index is 2.13. The van der Waals surface area contributed by atoms with Crippen LogP contribution in [0.25, 0.3) is 0 Å². The van der Waals surface area contributed by atoms with E-state index in [-0.39, 0.29) is 0 Å². The van der Waals surface area contributed by atoms with E-state index in [0.29, 0.717) is 5.92 Å². The van der Waals surface area contributed by atoms with Crippen molar-refractivity contribution in [1.82, 2.24) is 14.7 Å². The van der Waals surface area contributed by atoms with Gasteiger partial charge in [-0.15, -0.1) is 0 Å². The van der Waals surface area contributed by atoms with Crippen LogP contribution in [0.3, 0.4) is 0 Å². The zero-order valence-electron chi connectivity index (χ0n) is 10.3. The molecule has 0 radical (unpaired) electrons. The molecule has 1 aliphatic carbocycles. The maximum absolute atomic E-state index is 5.80. The lowest BCUT2D eigenvalue weighted by Gasteiger charge is -2.22. The summed E-state index contributed by atoms with van der Waals surface area (Å²) in [5, 5.41) is 4.50. The normalized spacial score (nSPS) is 20.1. The van der Waals surface area contributed by atoms with Crippen LogP contribution >= 0.6 is 0 Å². The average Bonchev–Trinajstić information content (AvgIpc) is 2.69. The fraction of sp³-hybridized carbons (Fsp3) is 0.750. The number of nitrogens with zero attached hydrogens (tertiary/aromatic N) is 3. The molecule has 1 heterocycles. The molecule has 4 heteroatoms. The van der Waals surface area contributed by atoms with Crippen molar-refractivity contribution in [3.8, 4) is 0 Å². The Bertz CT molecular complexity index is 343. The monoisotopic (exact) mass is 222 g/mol. The molecule has 90 valence electrons. The van der Waals surface area contributed by atoms with Crippen molar-refractivity contribution in [3.63, 3.8) is 0 Å². The maximum atomic E-state index is 5.80. The number of aromatic nitrogens is 2. The fourth-order valence-corrected chi connectivity index (χ4v) is 2.44. The predicted octanol–water partition coefficient (Wildman–Crippen LogP) is 0.823. The van der Waals surface area contributed by atoms with Crippen LogP contribution < -0.4 is 5.73 Å². The quantitative estimate of drug-likeness (QED) is 0.820. The standard InChI is InChI=1S/C12H22N4/c1-15(2)6-7-16-12-5-3-4-10(8-13)11(12)9-14-16/h9-10H,3-8,13H2,1-2H3. The molecule has 1 atom stereocenters. The lowest BCUT2D eigenvalue weighted by molar-refractivity contribution is 0.367. The highest BCUT2D eigenvalue weighted by Gasteiger charge is 2.22. The first-order chi connectivity index (χ1) is 7.72. The van der Waals surface area contributed by atoms with Gasteiger partial charge in [-0.25, -0.2) is 0 Å². The zero-order chi connectivity index (χ0) is 11.5. The van der Waals surface area contributed by atoms with Crippen LogP contribution in [0.5, 0.6) is 0 Å². The van der Waals surface area contributed by atoms with E-state index in [1.165, 1.54) is 30.5 Å². The summed E-state index contributed by atoms with van der Waals surface area (Å²) in [7, 11) is 4.19. The second-order valence-corrected chi connectivity index (χ2v) is 4.90. The molecule has 0 fully saturated rings. The van der Waals surface area contributed by atoms with Gasteiger partial charge in [0.05, 0.1) is 12.7 Å². The number of hydrogen-bond donors (Lipinski definition) is 1. The Labute approximate surface area is 97.4 Å². The van der Waals surface area contributed by atoms with Gasteiger partial charge in [0.1, 0.15) is 0 Å². The molecule has 0 aromatic carbocycles. The number of likely N-dealkylation sites (N-methyl/N-ethyl adjacent to an activating group) is 1. The van der Waals surface area contributed by atoms with Crippen molar-refractivity contribution < 1.29 is 0 Å². The molecule has 1 unspecified atom stereocenters. The minimum absolute atomic E-state index is 0.539. The third-order valence-electron chi connectivity index (χ3n) is 3.43. The number of hydrogen-bond acceptors (Lipinski definition) is 3. The number of fused-ring (bicyclic) bond motifs is 1. The summed E-state index contributed by atoms with van der Waals surface area (Å²) in [5.41, 5.74) is 8.62. The molecule has 0 saturated heterocycles. The third-order valence-corrected chi connectivity index (χ3v) is 3.43. The summed E-state index contributed by atoms with van der Waals surface area (Å²) in [4.78, 5) is 2.19. The molecule has 1 aromatic heterocycles. The van der Waals surface area contributed by atoms with E-state index in [4.69, 9.17) is 5.73 Å². The Morgan fingerprint density at radius 1 is 1.56 bits per heavy atom.